The van der Waals surface area contributed by atoms with E-state index in [0.717, 1.165) is 22.7 Å². The highest BCUT2D eigenvalue weighted by atomic mass is 14.9. The highest BCUT2D eigenvalue weighted by Gasteiger charge is 2.48. The van der Waals surface area contributed by atoms with Gasteiger partial charge in [0, 0.05) is 51.3 Å². The molecule has 3 heterocycles. The minimum Gasteiger partial charge on any atom is -0.282 e. The van der Waals surface area contributed by atoms with E-state index < -0.39 is 0 Å². The maximum atomic E-state index is 5.26. The van der Waals surface area contributed by atoms with Crippen LogP contribution in [0.25, 0.3) is 39.1 Å². The molecule has 0 N–H and O–H groups in total. The number of allylic oxidation sites excluding steroid dienone is 1. The van der Waals surface area contributed by atoms with E-state index in [1.54, 1.807) is 0 Å². The van der Waals surface area contributed by atoms with Crippen LogP contribution >= 0.6 is 0 Å². The molecule has 3 nitrogen and oxygen atoms in total. The van der Waals surface area contributed by atoms with Crippen LogP contribution in [0.1, 0.15) is 86.8 Å². The van der Waals surface area contributed by atoms with Crippen LogP contribution in [0.4, 0.5) is 0 Å². The third kappa shape index (κ3) is 3.50. The average Bonchev–Trinajstić information content (AvgIpc) is 3.53. The number of hydrogen-bond acceptors (Lipinski definition) is 3. The molecule has 0 bridgehead atoms. The fourth-order valence-corrected chi connectivity index (χ4v) is 8.73. The van der Waals surface area contributed by atoms with Crippen molar-refractivity contribution in [3.8, 4) is 33.5 Å². The van der Waals surface area contributed by atoms with Crippen molar-refractivity contribution in [2.75, 3.05) is 0 Å². The molecule has 3 heteroatoms. The van der Waals surface area contributed by atoms with E-state index in [1.165, 1.54) is 55.6 Å². The number of nitrogens with zero attached hydrogens (tertiary/aromatic N) is 3. The van der Waals surface area contributed by atoms with Crippen LogP contribution in [-0.2, 0) is 16.2 Å². The van der Waals surface area contributed by atoms with Gasteiger partial charge in [0.1, 0.15) is 0 Å². The van der Waals surface area contributed by atoms with Gasteiger partial charge in [0.25, 0.3) is 0 Å². The van der Waals surface area contributed by atoms with Crippen LogP contribution in [0, 0.1) is 5.92 Å². The molecule has 1 aliphatic heterocycles. The Balaban J connectivity index is 1.08. The number of aliphatic imine (C=N–C) groups is 1. The van der Waals surface area contributed by atoms with Crippen molar-refractivity contribution in [2.24, 2.45) is 10.9 Å². The van der Waals surface area contributed by atoms with E-state index in [4.69, 9.17) is 15.0 Å². The summed E-state index contributed by atoms with van der Waals surface area (Å²) >= 11 is 0. The molecule has 9 rings (SSSR count). The maximum Gasteiger partial charge on any atom is 0.0993 e. The van der Waals surface area contributed by atoms with Crippen LogP contribution in [0.5, 0.6) is 0 Å². The number of dihydropyridines is 1. The Hall–Kier alpha value is -4.63. The summed E-state index contributed by atoms with van der Waals surface area (Å²) in [5.41, 5.74) is 17.2. The van der Waals surface area contributed by atoms with Gasteiger partial charge < -0.3 is 0 Å². The summed E-state index contributed by atoms with van der Waals surface area (Å²) in [4.78, 5) is 15.5. The standard InChI is InChI=1S/C42H37N3/c1-40(2)31-14-10-8-12-29(31)37-32(40)17-18-36(45-37)26-21-35-39(44-23-26)38-34(42(35,5)6)20-25(22-43-38)24-15-16-28-27-11-7-9-13-30(27)41(3,4)33(28)19-24/h7-23,35,39H,1-6H3. The van der Waals surface area contributed by atoms with Crippen molar-refractivity contribution < 1.29 is 0 Å². The van der Waals surface area contributed by atoms with E-state index in [0.29, 0.717) is 0 Å². The molecule has 0 radical (unpaired) electrons. The largest absolute Gasteiger partial charge is 0.282 e. The van der Waals surface area contributed by atoms with Crippen molar-refractivity contribution in [1.82, 2.24) is 9.97 Å². The van der Waals surface area contributed by atoms with Gasteiger partial charge in [0.2, 0.25) is 0 Å². The summed E-state index contributed by atoms with van der Waals surface area (Å²) in [5.74, 6) is 0.211. The maximum absolute atomic E-state index is 5.26. The molecular formula is C42H37N3. The first-order chi connectivity index (χ1) is 21.6. The molecule has 2 atom stereocenters. The molecule has 0 fully saturated rings. The first-order valence-corrected chi connectivity index (χ1v) is 16.2. The van der Waals surface area contributed by atoms with Crippen LogP contribution in [0.2, 0.25) is 0 Å². The summed E-state index contributed by atoms with van der Waals surface area (Å²) in [6.07, 6.45) is 6.50. The monoisotopic (exact) mass is 583 g/mol. The number of rotatable bonds is 2. The van der Waals surface area contributed by atoms with Gasteiger partial charge in [-0.2, -0.15) is 0 Å². The predicted octanol–water partition coefficient (Wildman–Crippen LogP) is 9.87. The second-order valence-electron chi connectivity index (χ2n) is 14.9. The Kier molecular flexibility index (Phi) is 5.20. The molecule has 220 valence electrons. The molecule has 3 aliphatic carbocycles. The fourth-order valence-electron chi connectivity index (χ4n) is 8.73. The minimum absolute atomic E-state index is 0.0235. The Morgan fingerprint density at radius 2 is 1.27 bits per heavy atom. The lowest BCUT2D eigenvalue weighted by atomic mass is 9.75. The van der Waals surface area contributed by atoms with E-state index in [9.17, 15) is 0 Å². The SMILES string of the molecule is CC1(C)c2ccccc2-c2ccc(-c3cnc4c(c3)C(C)(C)C3C=C(c5ccc6c(n5)-c5ccccc5C6(C)C)C=NC43)cc21. The van der Waals surface area contributed by atoms with Gasteiger partial charge in [-0.3, -0.25) is 9.98 Å². The van der Waals surface area contributed by atoms with Gasteiger partial charge in [-0.25, -0.2) is 4.98 Å². The summed E-state index contributed by atoms with van der Waals surface area (Å²) in [5, 5.41) is 0. The fraction of sp³-hybridized carbons (Fsp3) is 0.262. The van der Waals surface area contributed by atoms with Crippen molar-refractivity contribution in [3.05, 3.63) is 136 Å². The minimum atomic E-state index is -0.121. The van der Waals surface area contributed by atoms with Crippen molar-refractivity contribution in [1.29, 1.82) is 0 Å². The lowest BCUT2D eigenvalue weighted by molar-refractivity contribution is 0.373. The number of benzene rings is 3. The number of aromatic nitrogens is 2. The molecule has 5 aromatic rings. The highest BCUT2D eigenvalue weighted by molar-refractivity contribution is 6.10. The third-order valence-electron chi connectivity index (χ3n) is 11.4. The zero-order valence-corrected chi connectivity index (χ0v) is 26.8. The summed E-state index contributed by atoms with van der Waals surface area (Å²) < 4.78 is 0. The molecule has 2 aromatic heterocycles. The first kappa shape index (κ1) is 26.7. The van der Waals surface area contributed by atoms with Gasteiger partial charge >= 0.3 is 0 Å². The molecule has 0 spiro atoms. The van der Waals surface area contributed by atoms with Crippen molar-refractivity contribution >= 4 is 11.8 Å². The molecule has 45 heavy (non-hydrogen) atoms. The zero-order chi connectivity index (χ0) is 30.9. The molecule has 0 amide bonds. The van der Waals surface area contributed by atoms with Crippen LogP contribution in [-0.4, -0.2) is 16.2 Å². The molecule has 3 aromatic carbocycles. The Labute approximate surface area is 265 Å². The van der Waals surface area contributed by atoms with Crippen LogP contribution in [0.3, 0.4) is 0 Å². The van der Waals surface area contributed by atoms with Gasteiger partial charge in [0.05, 0.1) is 23.1 Å². The Morgan fingerprint density at radius 1 is 0.600 bits per heavy atom. The zero-order valence-electron chi connectivity index (χ0n) is 26.8. The van der Waals surface area contributed by atoms with Crippen LogP contribution in [0.15, 0.2) is 102 Å². The predicted molar refractivity (Wildman–Crippen MR) is 185 cm³/mol. The molecule has 0 saturated carbocycles. The molecule has 4 aliphatic rings. The topological polar surface area (TPSA) is 38.1 Å². The lowest BCUT2D eigenvalue weighted by Gasteiger charge is -2.30. The summed E-state index contributed by atoms with van der Waals surface area (Å²) in [6, 6.07) is 31.4. The van der Waals surface area contributed by atoms with Crippen molar-refractivity contribution in [2.45, 2.75) is 63.8 Å². The Morgan fingerprint density at radius 3 is 2.07 bits per heavy atom. The van der Waals surface area contributed by atoms with Gasteiger partial charge in [-0.15, -0.1) is 0 Å². The lowest BCUT2D eigenvalue weighted by Crippen LogP contribution is -2.26. The first-order valence-electron chi connectivity index (χ1n) is 16.2. The van der Waals surface area contributed by atoms with E-state index in [1.807, 2.05) is 6.21 Å². The van der Waals surface area contributed by atoms with Gasteiger partial charge in [-0.1, -0.05) is 114 Å². The quantitative estimate of drug-likeness (QED) is 0.207. The van der Waals surface area contributed by atoms with E-state index in [2.05, 4.69) is 139 Å². The number of pyridine rings is 2. The number of hydrogen-bond donors (Lipinski definition) is 0. The smallest absolute Gasteiger partial charge is 0.0993 e. The molecular weight excluding hydrogens is 546 g/mol. The van der Waals surface area contributed by atoms with Crippen LogP contribution < -0.4 is 0 Å². The summed E-state index contributed by atoms with van der Waals surface area (Å²) in [7, 11) is 0. The second-order valence-corrected chi connectivity index (χ2v) is 14.9. The normalized spacial score (nSPS) is 21.7. The van der Waals surface area contributed by atoms with E-state index >= 15 is 0 Å². The average molecular weight is 584 g/mol. The van der Waals surface area contributed by atoms with Crippen molar-refractivity contribution in [3.63, 3.8) is 0 Å². The third-order valence-corrected chi connectivity index (χ3v) is 11.4. The Bertz CT molecular complexity index is 2160. The van der Waals surface area contributed by atoms with Gasteiger partial charge in [-0.05, 0) is 62.7 Å². The van der Waals surface area contributed by atoms with Gasteiger partial charge in [0.15, 0.2) is 0 Å². The summed E-state index contributed by atoms with van der Waals surface area (Å²) in [6.45, 7) is 14.0. The van der Waals surface area contributed by atoms with E-state index in [-0.39, 0.29) is 28.2 Å². The number of fused-ring (bicyclic) bond motifs is 9. The highest BCUT2D eigenvalue weighted by Crippen LogP contribution is 2.55. The molecule has 0 saturated heterocycles. The molecule has 2 unspecified atom stereocenters. The second kappa shape index (κ2) is 8.75.